The standard InChI is InChI=1S/Al.K.Mg.3H2O4S.H2O/c;;;3*1-5(2,3)4;/h;;;3*(H2,1,2,3,4);1H2/q+3;+1;+2;;;;/p-6. The van der Waals surface area contributed by atoms with E-state index in [9.17, 15) is 0 Å². The summed E-state index contributed by atoms with van der Waals surface area (Å²) in [4.78, 5) is 0. The summed E-state index contributed by atoms with van der Waals surface area (Å²) in [6.45, 7) is 0. The zero-order valence-corrected chi connectivity index (χ0v) is 17.0. The van der Waals surface area contributed by atoms with Gasteiger partial charge in [-0.05, 0) is 0 Å². The Morgan fingerprint density at radius 2 is 0.526 bits per heavy atom. The van der Waals surface area contributed by atoms with Crippen LogP contribution in [0.3, 0.4) is 0 Å². The Kier molecular flexibility index (Phi) is 42.0. The minimum Gasteiger partial charge on any atom is -0.759 e. The average Bonchev–Trinajstić information content (AvgIpc) is 1.41. The predicted octanol–water partition coefficient (Wildman–Crippen LogP) is -8.60. The molecule has 0 aliphatic rings. The summed E-state index contributed by atoms with van der Waals surface area (Å²) < 4.78 is 102. The van der Waals surface area contributed by atoms with E-state index in [1.807, 2.05) is 0 Å². The van der Waals surface area contributed by atoms with Crippen LogP contribution < -0.4 is 51.4 Å². The largest absolute Gasteiger partial charge is 3.00 e. The van der Waals surface area contributed by atoms with Gasteiger partial charge in [0.2, 0.25) is 0 Å². The minimum absolute atomic E-state index is 0. The van der Waals surface area contributed by atoms with E-state index in [1.165, 1.54) is 0 Å². The van der Waals surface area contributed by atoms with Crippen LogP contribution in [0.1, 0.15) is 0 Å². The van der Waals surface area contributed by atoms with Crippen molar-refractivity contribution < 1.29 is 109 Å². The second kappa shape index (κ2) is 18.6. The van der Waals surface area contributed by atoms with E-state index in [0.29, 0.717) is 0 Å². The van der Waals surface area contributed by atoms with E-state index in [4.69, 9.17) is 52.6 Å². The molecule has 0 atom stereocenters. The van der Waals surface area contributed by atoms with Gasteiger partial charge in [0.25, 0.3) is 0 Å². The molecule has 0 spiro atoms. The first-order chi connectivity index (χ1) is 6.00. The molecule has 0 saturated heterocycles. The van der Waals surface area contributed by atoms with Crippen molar-refractivity contribution in [1.82, 2.24) is 0 Å². The summed E-state index contributed by atoms with van der Waals surface area (Å²) in [6.07, 6.45) is 0. The molecule has 13 nitrogen and oxygen atoms in total. The van der Waals surface area contributed by atoms with Crippen LogP contribution in [-0.4, -0.2) is 98.5 Å². The molecule has 104 valence electrons. The molecule has 0 radical (unpaired) electrons. The van der Waals surface area contributed by atoms with E-state index in [-0.39, 0.29) is 97.3 Å². The molecule has 19 heavy (non-hydrogen) atoms. The second-order valence-electron chi connectivity index (χ2n) is 1.22. The van der Waals surface area contributed by atoms with Gasteiger partial charge < -0.3 is 32.8 Å². The zero-order valence-electron chi connectivity index (χ0n) is 8.91. The first-order valence-electron chi connectivity index (χ1n) is 2.00. The Labute approximate surface area is 178 Å². The summed E-state index contributed by atoms with van der Waals surface area (Å²) in [5.41, 5.74) is 0. The number of hydrogen-bond acceptors (Lipinski definition) is 12. The van der Waals surface area contributed by atoms with Crippen LogP contribution >= 0.6 is 0 Å². The van der Waals surface area contributed by atoms with Crippen molar-refractivity contribution in [1.29, 1.82) is 0 Å². The molecule has 0 amide bonds. The molecule has 0 aromatic carbocycles. The Hall–Kier alpha value is 2.51. The molecule has 0 unspecified atom stereocenters. The fourth-order valence-corrected chi connectivity index (χ4v) is 0. The third-order valence-electron chi connectivity index (χ3n) is 0. The average molecular weight is 397 g/mol. The fourth-order valence-electron chi connectivity index (χ4n) is 0. The molecule has 0 aliphatic carbocycles. The molecule has 0 heterocycles. The van der Waals surface area contributed by atoms with Crippen LogP contribution in [0.2, 0.25) is 0 Å². The summed E-state index contributed by atoms with van der Waals surface area (Å²) in [5.74, 6) is 0. The van der Waals surface area contributed by atoms with Crippen LogP contribution in [0.25, 0.3) is 0 Å². The van der Waals surface area contributed by atoms with Crippen molar-refractivity contribution >= 4 is 71.6 Å². The van der Waals surface area contributed by atoms with Crippen molar-refractivity contribution in [3.63, 3.8) is 0 Å². The van der Waals surface area contributed by atoms with Gasteiger partial charge in [-0.1, -0.05) is 0 Å². The van der Waals surface area contributed by atoms with E-state index in [0.717, 1.165) is 0 Å². The van der Waals surface area contributed by atoms with Crippen molar-refractivity contribution in [3.05, 3.63) is 0 Å². The zero-order chi connectivity index (χ0) is 13.5. The van der Waals surface area contributed by atoms with E-state index in [2.05, 4.69) is 0 Å². The van der Waals surface area contributed by atoms with Gasteiger partial charge >= 0.3 is 91.8 Å². The van der Waals surface area contributed by atoms with Gasteiger partial charge in [-0.15, -0.1) is 0 Å². The molecule has 0 aliphatic heterocycles. The van der Waals surface area contributed by atoms with Gasteiger partial charge in [0.05, 0.1) is 0 Å². The minimum atomic E-state index is -5.17. The third kappa shape index (κ3) is 1120. The normalized spacial score (nSPS) is 9.16. The summed E-state index contributed by atoms with van der Waals surface area (Å²) in [7, 11) is -15.5. The maximum atomic E-state index is 8.52. The van der Waals surface area contributed by atoms with Crippen LogP contribution in [0, 0.1) is 0 Å². The SMILES string of the molecule is O.O=S(=O)([O-])[O-].O=S(=O)([O-])[O-].O=S(=O)([O-])[O-].[Al+3].[K+].[Mg+2]. The van der Waals surface area contributed by atoms with Crippen molar-refractivity contribution in [3.8, 4) is 0 Å². The van der Waals surface area contributed by atoms with Crippen molar-refractivity contribution in [2.45, 2.75) is 0 Å². The van der Waals surface area contributed by atoms with E-state index in [1.54, 1.807) is 0 Å². The summed E-state index contributed by atoms with van der Waals surface area (Å²) in [5, 5.41) is 0. The van der Waals surface area contributed by atoms with Gasteiger partial charge in [0.1, 0.15) is 0 Å². The molecule has 0 aromatic heterocycles. The van der Waals surface area contributed by atoms with Crippen LogP contribution in [-0.2, 0) is 31.2 Å². The molecule has 0 fully saturated rings. The van der Waals surface area contributed by atoms with Gasteiger partial charge in [-0.3, -0.25) is 25.3 Å². The third-order valence-corrected chi connectivity index (χ3v) is 0. The van der Waals surface area contributed by atoms with Gasteiger partial charge in [-0.2, -0.15) is 0 Å². The van der Waals surface area contributed by atoms with Gasteiger partial charge in [-0.25, -0.2) is 0 Å². The van der Waals surface area contributed by atoms with Crippen molar-refractivity contribution in [2.24, 2.45) is 0 Å². The predicted molar refractivity (Wildman–Crippen MR) is 46.5 cm³/mol. The molecule has 0 rings (SSSR count). The monoisotopic (exact) mass is 396 g/mol. The number of hydrogen-bond donors (Lipinski definition) is 0. The second-order valence-corrected chi connectivity index (χ2v) is 3.67. The molecule has 19 heteroatoms. The Bertz CT molecular complexity index is 349. The molecular weight excluding hydrogens is 395 g/mol. The summed E-state index contributed by atoms with van der Waals surface area (Å²) >= 11 is 0. The van der Waals surface area contributed by atoms with Crippen LogP contribution in [0.5, 0.6) is 0 Å². The smallest absolute Gasteiger partial charge is 0.759 e. The molecular formula is H2AlKMgO13S3. The maximum Gasteiger partial charge on any atom is 3.00 e. The first kappa shape index (κ1) is 43.0. The fraction of sp³-hybridized carbons (Fsp3) is 0. The molecule has 0 aromatic rings. The van der Waals surface area contributed by atoms with Crippen LogP contribution in [0.15, 0.2) is 0 Å². The van der Waals surface area contributed by atoms with Gasteiger partial charge in [0.15, 0.2) is 0 Å². The van der Waals surface area contributed by atoms with E-state index < -0.39 is 31.2 Å². The molecule has 0 saturated carbocycles. The number of rotatable bonds is 0. The Morgan fingerprint density at radius 1 is 0.526 bits per heavy atom. The van der Waals surface area contributed by atoms with Gasteiger partial charge in [0, 0.05) is 31.2 Å². The van der Waals surface area contributed by atoms with Crippen LogP contribution in [0.4, 0.5) is 0 Å². The Morgan fingerprint density at radius 3 is 0.526 bits per heavy atom. The molecule has 0 bridgehead atoms. The van der Waals surface area contributed by atoms with Crippen molar-refractivity contribution in [2.75, 3.05) is 0 Å². The van der Waals surface area contributed by atoms with E-state index >= 15 is 0 Å². The first-order valence-corrected chi connectivity index (χ1v) is 6.00. The molecule has 2 N–H and O–H groups in total. The Balaban J connectivity index is -0.0000000206. The quantitative estimate of drug-likeness (QED) is 0.209. The topological polar surface area (TPSA) is 272 Å². The summed E-state index contributed by atoms with van der Waals surface area (Å²) in [6, 6.07) is 0. The maximum absolute atomic E-state index is 8.52.